The van der Waals surface area contributed by atoms with E-state index in [1.807, 2.05) is 13.8 Å². The zero-order valence-corrected chi connectivity index (χ0v) is 12.3. The van der Waals surface area contributed by atoms with Crippen molar-refractivity contribution >= 4 is 29.1 Å². The summed E-state index contributed by atoms with van der Waals surface area (Å²) in [7, 11) is 0. The molecule has 0 aromatic carbocycles. The highest BCUT2D eigenvalue weighted by atomic mass is 32.1. The second kappa shape index (κ2) is 7.04. The second-order valence-electron chi connectivity index (χ2n) is 4.48. The summed E-state index contributed by atoms with van der Waals surface area (Å²) in [6.45, 7) is 3.97. The molecule has 1 aromatic heterocycles. The number of carbonyl (C=O) groups excluding carboxylic acids is 2. The Morgan fingerprint density at radius 1 is 1.45 bits per heavy atom. The van der Waals surface area contributed by atoms with Gasteiger partial charge in [-0.3, -0.25) is 9.59 Å². The van der Waals surface area contributed by atoms with Gasteiger partial charge in [0.05, 0.1) is 11.3 Å². The number of thiophene rings is 1. The van der Waals surface area contributed by atoms with Crippen LogP contribution in [0.3, 0.4) is 0 Å². The van der Waals surface area contributed by atoms with Gasteiger partial charge in [0.15, 0.2) is 0 Å². The lowest BCUT2D eigenvalue weighted by Gasteiger charge is -2.11. The maximum absolute atomic E-state index is 12.0. The first-order chi connectivity index (χ1) is 9.35. The predicted molar refractivity (Wildman–Crippen MR) is 75.8 cm³/mol. The number of hydrogen-bond acceptors (Lipinski definition) is 4. The zero-order valence-electron chi connectivity index (χ0n) is 11.4. The monoisotopic (exact) mass is 298 g/mol. The molecule has 1 atom stereocenters. The molecule has 0 aliphatic heterocycles. The first kappa shape index (κ1) is 16.2. The normalized spacial score (nSPS) is 11.9. The topological polar surface area (TPSA) is 109 Å². The summed E-state index contributed by atoms with van der Waals surface area (Å²) in [5.74, 6) is -2.54. The SMILES string of the molecule is CCCc1cc(C(=O)NC(CC(N)=O)C(=O)O)sc1C. The lowest BCUT2D eigenvalue weighted by Crippen LogP contribution is -2.43. The van der Waals surface area contributed by atoms with E-state index in [0.29, 0.717) is 4.88 Å². The van der Waals surface area contributed by atoms with Crippen LogP contribution >= 0.6 is 11.3 Å². The van der Waals surface area contributed by atoms with Crippen molar-refractivity contribution in [1.82, 2.24) is 5.32 Å². The minimum atomic E-state index is -1.29. The Kier molecular flexibility index (Phi) is 5.69. The molecule has 4 N–H and O–H groups in total. The van der Waals surface area contributed by atoms with E-state index >= 15 is 0 Å². The number of carbonyl (C=O) groups is 3. The van der Waals surface area contributed by atoms with E-state index in [1.54, 1.807) is 6.07 Å². The van der Waals surface area contributed by atoms with Gasteiger partial charge in [-0.05, 0) is 25.0 Å². The molecular weight excluding hydrogens is 280 g/mol. The number of amides is 2. The fourth-order valence-corrected chi connectivity index (χ4v) is 2.75. The highest BCUT2D eigenvalue weighted by Crippen LogP contribution is 2.22. The number of hydrogen-bond donors (Lipinski definition) is 3. The molecule has 0 aliphatic carbocycles. The molecule has 1 rings (SSSR count). The summed E-state index contributed by atoms with van der Waals surface area (Å²) in [5.41, 5.74) is 6.05. The molecule has 6 nitrogen and oxygen atoms in total. The average Bonchev–Trinajstić information content (AvgIpc) is 2.70. The molecule has 1 heterocycles. The van der Waals surface area contributed by atoms with Crippen LogP contribution < -0.4 is 11.1 Å². The van der Waals surface area contributed by atoms with Crippen molar-refractivity contribution in [2.45, 2.75) is 39.2 Å². The lowest BCUT2D eigenvalue weighted by atomic mass is 10.1. The zero-order chi connectivity index (χ0) is 15.3. The smallest absolute Gasteiger partial charge is 0.326 e. The summed E-state index contributed by atoms with van der Waals surface area (Å²) in [5, 5.41) is 11.3. The van der Waals surface area contributed by atoms with Gasteiger partial charge in [0.25, 0.3) is 5.91 Å². The Morgan fingerprint density at radius 3 is 2.60 bits per heavy atom. The van der Waals surface area contributed by atoms with Gasteiger partial charge in [-0.1, -0.05) is 13.3 Å². The highest BCUT2D eigenvalue weighted by Gasteiger charge is 2.23. The van der Waals surface area contributed by atoms with Gasteiger partial charge < -0.3 is 16.2 Å². The molecule has 1 aromatic rings. The van der Waals surface area contributed by atoms with Crippen molar-refractivity contribution in [3.63, 3.8) is 0 Å². The molecule has 0 saturated heterocycles. The van der Waals surface area contributed by atoms with Crippen LogP contribution in [0.4, 0.5) is 0 Å². The molecule has 2 amide bonds. The minimum Gasteiger partial charge on any atom is -0.480 e. The summed E-state index contributed by atoms with van der Waals surface area (Å²) in [4.78, 5) is 35.2. The summed E-state index contributed by atoms with van der Waals surface area (Å²) >= 11 is 1.31. The summed E-state index contributed by atoms with van der Waals surface area (Å²) in [6.07, 6.45) is 1.42. The van der Waals surface area contributed by atoms with Gasteiger partial charge in [0.2, 0.25) is 5.91 Å². The molecule has 0 spiro atoms. The van der Waals surface area contributed by atoms with Crippen LogP contribution in [0.5, 0.6) is 0 Å². The molecule has 1 unspecified atom stereocenters. The number of aliphatic carboxylic acids is 1. The quantitative estimate of drug-likeness (QED) is 0.699. The standard InChI is InChI=1S/C13H18N2O4S/c1-3-4-8-5-10(20-7(8)2)12(17)15-9(13(18)19)6-11(14)16/h5,9H,3-4,6H2,1-2H3,(H2,14,16)(H,15,17)(H,18,19). The highest BCUT2D eigenvalue weighted by molar-refractivity contribution is 7.14. The van der Waals surface area contributed by atoms with E-state index in [1.165, 1.54) is 11.3 Å². The minimum absolute atomic E-state index is 0.423. The third-order valence-corrected chi connectivity index (χ3v) is 3.86. The first-order valence-corrected chi connectivity index (χ1v) is 7.08. The van der Waals surface area contributed by atoms with Gasteiger partial charge in [-0.15, -0.1) is 11.3 Å². The van der Waals surface area contributed by atoms with E-state index in [-0.39, 0.29) is 0 Å². The molecular formula is C13H18N2O4S. The lowest BCUT2D eigenvalue weighted by molar-refractivity contribution is -0.140. The Labute approximate surface area is 121 Å². The van der Waals surface area contributed by atoms with Crippen LogP contribution in [0.15, 0.2) is 6.07 Å². The van der Waals surface area contributed by atoms with Gasteiger partial charge in [0, 0.05) is 4.88 Å². The van der Waals surface area contributed by atoms with Crippen molar-refractivity contribution in [2.24, 2.45) is 5.73 Å². The van der Waals surface area contributed by atoms with Crippen molar-refractivity contribution in [1.29, 1.82) is 0 Å². The van der Waals surface area contributed by atoms with Gasteiger partial charge >= 0.3 is 5.97 Å². The van der Waals surface area contributed by atoms with E-state index in [0.717, 1.165) is 23.3 Å². The molecule has 7 heteroatoms. The summed E-state index contributed by atoms with van der Waals surface area (Å²) in [6, 6.07) is 0.471. The van der Waals surface area contributed by atoms with Gasteiger partial charge in [-0.2, -0.15) is 0 Å². The van der Waals surface area contributed by atoms with Crippen LogP contribution in [0.2, 0.25) is 0 Å². The van der Waals surface area contributed by atoms with Crippen molar-refractivity contribution < 1.29 is 19.5 Å². The number of nitrogens with two attached hydrogens (primary N) is 1. The predicted octanol–water partition coefficient (Wildman–Crippen LogP) is 1.07. The number of carboxylic acids is 1. The fraction of sp³-hybridized carbons (Fsp3) is 0.462. The molecule has 0 radical (unpaired) electrons. The molecule has 0 aliphatic rings. The molecule has 20 heavy (non-hydrogen) atoms. The van der Waals surface area contributed by atoms with Crippen molar-refractivity contribution in [2.75, 3.05) is 0 Å². The Hall–Kier alpha value is -1.89. The van der Waals surface area contributed by atoms with Crippen LogP contribution in [0.25, 0.3) is 0 Å². The Balaban J connectivity index is 2.81. The van der Waals surface area contributed by atoms with E-state index < -0.39 is 30.2 Å². The van der Waals surface area contributed by atoms with Crippen LogP contribution in [0.1, 0.15) is 39.9 Å². The second-order valence-corrected chi connectivity index (χ2v) is 5.73. The third-order valence-electron chi connectivity index (χ3n) is 2.77. The number of aryl methyl sites for hydroxylation is 2. The van der Waals surface area contributed by atoms with Gasteiger partial charge in [-0.25, -0.2) is 4.79 Å². The van der Waals surface area contributed by atoms with Crippen LogP contribution in [-0.2, 0) is 16.0 Å². The number of carboxylic acid groups (broad SMARTS) is 1. The third kappa shape index (κ3) is 4.34. The van der Waals surface area contributed by atoms with Crippen molar-refractivity contribution in [3.05, 3.63) is 21.4 Å². The molecule has 110 valence electrons. The largest absolute Gasteiger partial charge is 0.480 e. The molecule has 0 bridgehead atoms. The maximum atomic E-state index is 12.0. The number of rotatable bonds is 7. The van der Waals surface area contributed by atoms with Crippen molar-refractivity contribution in [3.8, 4) is 0 Å². The fourth-order valence-electron chi connectivity index (χ4n) is 1.78. The Bertz CT molecular complexity index is 524. The first-order valence-electron chi connectivity index (χ1n) is 6.26. The number of primary amides is 1. The number of nitrogens with one attached hydrogen (secondary N) is 1. The maximum Gasteiger partial charge on any atom is 0.326 e. The van der Waals surface area contributed by atoms with Crippen LogP contribution in [0, 0.1) is 6.92 Å². The van der Waals surface area contributed by atoms with E-state index in [4.69, 9.17) is 10.8 Å². The average molecular weight is 298 g/mol. The molecule has 0 fully saturated rings. The van der Waals surface area contributed by atoms with Crippen LogP contribution in [-0.4, -0.2) is 28.9 Å². The van der Waals surface area contributed by atoms with E-state index in [9.17, 15) is 14.4 Å². The molecule has 0 saturated carbocycles. The van der Waals surface area contributed by atoms with E-state index in [2.05, 4.69) is 5.32 Å². The van der Waals surface area contributed by atoms with Gasteiger partial charge in [0.1, 0.15) is 6.04 Å². The Morgan fingerprint density at radius 2 is 2.10 bits per heavy atom. The summed E-state index contributed by atoms with van der Waals surface area (Å²) < 4.78 is 0.